The molecule has 0 saturated carbocycles. The maximum atomic E-state index is 3.34. The van der Waals surface area contributed by atoms with Crippen molar-refractivity contribution >= 4 is 6.08 Å². The molecule has 0 heteroatoms. The van der Waals surface area contributed by atoms with Crippen LogP contribution in [0.15, 0.2) is 78.4 Å². The lowest BCUT2D eigenvalue weighted by atomic mass is 9.90. The lowest BCUT2D eigenvalue weighted by Gasteiger charge is -2.15. The minimum Gasteiger partial charge on any atom is -0.0770 e. The van der Waals surface area contributed by atoms with E-state index in [1.165, 1.54) is 24.0 Å². The molecule has 0 amide bonds. The summed E-state index contributed by atoms with van der Waals surface area (Å²) in [5, 5.41) is 0. The molecule has 0 aliphatic heterocycles. The molecule has 0 aromatic heterocycles. The molecule has 0 nitrogen and oxygen atoms in total. The minimum absolute atomic E-state index is 0.508. The monoisotopic (exact) mass is 284 g/mol. The largest absolute Gasteiger partial charge is 0.0770 e. The summed E-state index contributed by atoms with van der Waals surface area (Å²) in [5.41, 5.74) is 3.63. The molecule has 0 N–H and O–H groups in total. The number of benzene rings is 2. The van der Waals surface area contributed by atoms with Gasteiger partial charge in [0.25, 0.3) is 0 Å². The highest BCUT2D eigenvalue weighted by Gasteiger charge is 2.09. The third-order valence-corrected chi connectivity index (χ3v) is 3.88. The molecule has 1 aliphatic rings. The second-order valence-corrected chi connectivity index (χ2v) is 5.63. The minimum atomic E-state index is 0.508. The lowest BCUT2D eigenvalue weighted by molar-refractivity contribution is 0.621. The Balaban J connectivity index is 1.70. The fourth-order valence-electron chi connectivity index (χ4n) is 2.68. The fraction of sp³-hybridized carbons (Fsp3) is 0.182. The molecule has 2 aromatic carbocycles. The van der Waals surface area contributed by atoms with Crippen LogP contribution in [0.3, 0.4) is 0 Å². The van der Waals surface area contributed by atoms with Crippen LogP contribution < -0.4 is 0 Å². The van der Waals surface area contributed by atoms with Gasteiger partial charge in [-0.3, -0.25) is 0 Å². The van der Waals surface area contributed by atoms with E-state index < -0.39 is 0 Å². The third kappa shape index (κ3) is 4.24. The van der Waals surface area contributed by atoms with Gasteiger partial charge in [0.15, 0.2) is 0 Å². The molecular weight excluding hydrogens is 264 g/mol. The maximum Gasteiger partial charge on any atom is 0.0248 e. The van der Waals surface area contributed by atoms with Gasteiger partial charge in [-0.2, -0.15) is 0 Å². The van der Waals surface area contributed by atoms with E-state index in [-0.39, 0.29) is 0 Å². The molecule has 2 aromatic rings. The molecule has 0 heterocycles. The van der Waals surface area contributed by atoms with E-state index in [9.17, 15) is 0 Å². The molecule has 0 saturated heterocycles. The first kappa shape index (κ1) is 14.4. The smallest absolute Gasteiger partial charge is 0.0248 e. The first-order valence-electron chi connectivity index (χ1n) is 7.91. The van der Waals surface area contributed by atoms with Crippen molar-refractivity contribution in [3.63, 3.8) is 0 Å². The highest BCUT2D eigenvalue weighted by Crippen LogP contribution is 2.24. The summed E-state index contributed by atoms with van der Waals surface area (Å²) in [6.45, 7) is 0. The van der Waals surface area contributed by atoms with Gasteiger partial charge in [-0.15, -0.1) is 0 Å². The molecule has 3 rings (SSSR count). The van der Waals surface area contributed by atoms with Crippen LogP contribution in [0.4, 0.5) is 0 Å². The number of hydrogen-bond donors (Lipinski definition) is 0. The topological polar surface area (TPSA) is 0 Å². The van der Waals surface area contributed by atoms with Gasteiger partial charge in [0.1, 0.15) is 0 Å². The summed E-state index contributed by atoms with van der Waals surface area (Å²) in [6, 6.07) is 20.7. The number of allylic oxidation sites excluding steroid dienone is 3. The second-order valence-electron chi connectivity index (χ2n) is 5.63. The van der Waals surface area contributed by atoms with E-state index in [1.807, 2.05) is 18.2 Å². The maximum absolute atomic E-state index is 3.34. The molecule has 1 aliphatic carbocycles. The molecule has 22 heavy (non-hydrogen) atoms. The Morgan fingerprint density at radius 1 is 0.864 bits per heavy atom. The number of rotatable bonds is 2. The predicted octanol–water partition coefficient (Wildman–Crippen LogP) is 5.48. The standard InChI is InChI=1S/C22H20/c1-3-8-19(9-4-1)14-16-21-12-7-13-22(18-21)17-15-20-10-5-2-6-11-20/h1-6,8-11,14,16,18,21H,7,12-13H2/b16-14-. The summed E-state index contributed by atoms with van der Waals surface area (Å²) < 4.78 is 0. The lowest BCUT2D eigenvalue weighted by Crippen LogP contribution is -2.00. The van der Waals surface area contributed by atoms with Crippen molar-refractivity contribution in [2.24, 2.45) is 5.92 Å². The first-order chi connectivity index (χ1) is 10.9. The quantitative estimate of drug-likeness (QED) is 0.641. The molecule has 0 spiro atoms. The molecule has 1 unspecified atom stereocenters. The highest BCUT2D eigenvalue weighted by molar-refractivity contribution is 5.50. The Morgan fingerprint density at radius 2 is 1.59 bits per heavy atom. The van der Waals surface area contributed by atoms with Crippen molar-refractivity contribution in [2.45, 2.75) is 19.3 Å². The van der Waals surface area contributed by atoms with Crippen LogP contribution in [0.5, 0.6) is 0 Å². The zero-order valence-electron chi connectivity index (χ0n) is 12.7. The van der Waals surface area contributed by atoms with E-state index in [2.05, 4.69) is 72.5 Å². The fourth-order valence-corrected chi connectivity index (χ4v) is 2.68. The number of hydrogen-bond acceptors (Lipinski definition) is 0. The summed E-state index contributed by atoms with van der Waals surface area (Å²) in [4.78, 5) is 0. The zero-order valence-corrected chi connectivity index (χ0v) is 12.7. The van der Waals surface area contributed by atoms with Crippen LogP contribution in [-0.2, 0) is 0 Å². The zero-order chi connectivity index (χ0) is 15.0. The molecular formula is C22H20. The van der Waals surface area contributed by atoms with Gasteiger partial charge < -0.3 is 0 Å². The summed E-state index contributed by atoms with van der Waals surface area (Å²) in [5.74, 6) is 7.12. The van der Waals surface area contributed by atoms with Gasteiger partial charge in [-0.05, 0) is 48.4 Å². The SMILES string of the molecule is C(#Cc1ccccc1)C1=CC(/C=C\c2ccccc2)CCC1. The third-order valence-electron chi connectivity index (χ3n) is 3.88. The van der Waals surface area contributed by atoms with E-state index in [1.54, 1.807) is 0 Å². The average molecular weight is 284 g/mol. The van der Waals surface area contributed by atoms with Crippen molar-refractivity contribution < 1.29 is 0 Å². The molecule has 1 atom stereocenters. The van der Waals surface area contributed by atoms with Crippen molar-refractivity contribution in [1.82, 2.24) is 0 Å². The van der Waals surface area contributed by atoms with Gasteiger partial charge in [-0.25, -0.2) is 0 Å². The van der Waals surface area contributed by atoms with Crippen LogP contribution in [-0.4, -0.2) is 0 Å². The van der Waals surface area contributed by atoms with E-state index >= 15 is 0 Å². The van der Waals surface area contributed by atoms with Gasteiger partial charge in [0.2, 0.25) is 0 Å². The van der Waals surface area contributed by atoms with E-state index in [0.717, 1.165) is 12.0 Å². The summed E-state index contributed by atoms with van der Waals surface area (Å²) >= 11 is 0. The Hall–Kier alpha value is -2.52. The van der Waals surface area contributed by atoms with E-state index in [4.69, 9.17) is 0 Å². The first-order valence-corrected chi connectivity index (χ1v) is 7.91. The average Bonchev–Trinajstić information content (AvgIpc) is 2.60. The Morgan fingerprint density at radius 3 is 2.36 bits per heavy atom. The predicted molar refractivity (Wildman–Crippen MR) is 94.2 cm³/mol. The van der Waals surface area contributed by atoms with Crippen LogP contribution in [0, 0.1) is 17.8 Å². The van der Waals surface area contributed by atoms with Gasteiger partial charge in [0.05, 0.1) is 0 Å². The van der Waals surface area contributed by atoms with Crippen molar-refractivity contribution in [2.75, 3.05) is 0 Å². The van der Waals surface area contributed by atoms with Crippen molar-refractivity contribution in [1.29, 1.82) is 0 Å². The normalized spacial score (nSPS) is 17.6. The van der Waals surface area contributed by atoms with Crippen LogP contribution in [0.25, 0.3) is 6.08 Å². The second kappa shape index (κ2) is 7.48. The van der Waals surface area contributed by atoms with E-state index in [0.29, 0.717) is 5.92 Å². The molecule has 0 fully saturated rings. The van der Waals surface area contributed by atoms with Crippen molar-refractivity contribution in [3.8, 4) is 11.8 Å². The molecule has 0 bridgehead atoms. The summed E-state index contributed by atoms with van der Waals surface area (Å²) in [6.07, 6.45) is 10.4. The van der Waals surface area contributed by atoms with Gasteiger partial charge >= 0.3 is 0 Å². The van der Waals surface area contributed by atoms with Gasteiger partial charge in [0, 0.05) is 5.56 Å². The Labute approximate surface area is 133 Å². The molecule has 0 radical (unpaired) electrons. The van der Waals surface area contributed by atoms with Crippen LogP contribution in [0.2, 0.25) is 0 Å². The van der Waals surface area contributed by atoms with Gasteiger partial charge in [-0.1, -0.05) is 78.6 Å². The molecule has 108 valence electrons. The summed E-state index contributed by atoms with van der Waals surface area (Å²) in [7, 11) is 0. The Bertz CT molecular complexity index is 709. The van der Waals surface area contributed by atoms with Crippen LogP contribution in [0.1, 0.15) is 30.4 Å². The van der Waals surface area contributed by atoms with Crippen molar-refractivity contribution in [3.05, 3.63) is 89.5 Å². The Kier molecular flexibility index (Phi) is 4.90. The highest BCUT2D eigenvalue weighted by atomic mass is 14.1. The van der Waals surface area contributed by atoms with Crippen LogP contribution >= 0.6 is 0 Å².